The van der Waals surface area contributed by atoms with E-state index in [4.69, 9.17) is 5.32 Å². The van der Waals surface area contributed by atoms with Gasteiger partial charge in [-0.25, -0.2) is 0 Å². The molecular formula is C17H35KN4O. The third-order valence-corrected chi connectivity index (χ3v) is 4.36. The van der Waals surface area contributed by atoms with Crippen molar-refractivity contribution < 1.29 is 56.2 Å². The van der Waals surface area contributed by atoms with Gasteiger partial charge in [0.25, 0.3) is 0 Å². The second kappa shape index (κ2) is 14.2. The van der Waals surface area contributed by atoms with E-state index in [9.17, 15) is 4.79 Å². The molecule has 1 saturated heterocycles. The van der Waals surface area contributed by atoms with Gasteiger partial charge in [-0.15, -0.1) is 6.54 Å². The molecule has 1 fully saturated rings. The van der Waals surface area contributed by atoms with Crippen molar-refractivity contribution in [2.75, 3.05) is 33.2 Å². The van der Waals surface area contributed by atoms with Crippen LogP contribution < -0.4 is 67.3 Å². The fourth-order valence-electron chi connectivity index (χ4n) is 3.20. The normalized spacial score (nSPS) is 18.3. The molecular weight excluding hydrogens is 315 g/mol. The summed E-state index contributed by atoms with van der Waals surface area (Å²) < 4.78 is 0. The average molecular weight is 351 g/mol. The van der Waals surface area contributed by atoms with E-state index in [-0.39, 0.29) is 63.3 Å². The molecule has 0 aromatic rings. The van der Waals surface area contributed by atoms with Crippen LogP contribution in [0, 0.1) is 11.8 Å². The summed E-state index contributed by atoms with van der Waals surface area (Å²) in [6, 6.07) is 0.187. The molecule has 0 aliphatic carbocycles. The number of nitrogens with one attached hydrogen (secondary N) is 3. The molecule has 1 amide bonds. The number of hydrogen-bond donors (Lipinski definition) is 3. The summed E-state index contributed by atoms with van der Waals surface area (Å²) in [5, 5.41) is 14.4. The molecule has 2 atom stereocenters. The number of amides is 1. The fourth-order valence-corrected chi connectivity index (χ4v) is 3.20. The minimum atomic E-state index is -0.193. The topological polar surface area (TPSA) is 67.3 Å². The molecule has 1 aliphatic heterocycles. The minimum Gasteiger partial charge on any atom is -0.650 e. The van der Waals surface area contributed by atoms with E-state index in [2.05, 4.69) is 36.7 Å². The van der Waals surface area contributed by atoms with Crippen molar-refractivity contribution in [2.45, 2.75) is 58.5 Å². The zero-order valence-corrected chi connectivity index (χ0v) is 18.9. The molecule has 0 aromatic carbocycles. The van der Waals surface area contributed by atoms with Gasteiger partial charge in [-0.1, -0.05) is 33.2 Å². The first-order valence-electron chi connectivity index (χ1n) is 8.89. The van der Waals surface area contributed by atoms with E-state index in [0.29, 0.717) is 17.9 Å². The standard InChI is InChI=1S/C17H35N4O.K/c1-5-20-15(10-13(2)3)12-21-16(17(22)18-4)11-14-6-8-19-9-7-14;/h13-16,19-20H,5-12H2,1-4H3,(H,18,22);/q-1;+1. The molecule has 5 nitrogen and oxygen atoms in total. The van der Waals surface area contributed by atoms with Gasteiger partial charge in [0.1, 0.15) is 0 Å². The van der Waals surface area contributed by atoms with Crippen LogP contribution in [-0.4, -0.2) is 51.2 Å². The Balaban J connectivity index is 0.00000484. The van der Waals surface area contributed by atoms with Crippen LogP contribution in [0.5, 0.6) is 0 Å². The first kappa shape index (κ1) is 24.0. The van der Waals surface area contributed by atoms with Crippen molar-refractivity contribution in [1.29, 1.82) is 0 Å². The van der Waals surface area contributed by atoms with E-state index < -0.39 is 0 Å². The summed E-state index contributed by atoms with van der Waals surface area (Å²) in [5.74, 6) is 1.33. The minimum absolute atomic E-state index is 0. The SMILES string of the molecule is CCNC(C[N-]C(CC1CCNCC1)C(=O)NC)CC(C)C.[K+]. The molecule has 0 aromatic heterocycles. The largest absolute Gasteiger partial charge is 1.00 e. The van der Waals surface area contributed by atoms with Crippen LogP contribution in [0.15, 0.2) is 0 Å². The number of carbonyl (C=O) groups is 1. The van der Waals surface area contributed by atoms with Crippen LogP contribution in [0.2, 0.25) is 0 Å². The summed E-state index contributed by atoms with van der Waals surface area (Å²) in [7, 11) is 1.71. The van der Waals surface area contributed by atoms with Gasteiger partial charge in [0.05, 0.1) is 0 Å². The van der Waals surface area contributed by atoms with Crippen molar-refractivity contribution in [3.63, 3.8) is 0 Å². The Kier molecular flexibility index (Phi) is 14.8. The number of carbonyl (C=O) groups excluding carboxylic acids is 1. The molecule has 1 aliphatic rings. The van der Waals surface area contributed by atoms with Gasteiger partial charge in [-0.05, 0) is 56.8 Å². The van der Waals surface area contributed by atoms with Crippen molar-refractivity contribution in [3.05, 3.63) is 5.32 Å². The van der Waals surface area contributed by atoms with Gasteiger partial charge in [0, 0.05) is 7.05 Å². The molecule has 1 rings (SSSR count). The molecule has 1 heterocycles. The third kappa shape index (κ3) is 10.5. The summed E-state index contributed by atoms with van der Waals surface area (Å²) in [5.41, 5.74) is 0. The molecule has 0 saturated carbocycles. The second-order valence-electron chi connectivity index (χ2n) is 6.81. The first-order chi connectivity index (χ1) is 10.6. The van der Waals surface area contributed by atoms with Crippen molar-refractivity contribution in [2.24, 2.45) is 11.8 Å². The monoisotopic (exact) mass is 350 g/mol. The van der Waals surface area contributed by atoms with Crippen molar-refractivity contribution in [3.8, 4) is 0 Å². The first-order valence-corrected chi connectivity index (χ1v) is 8.89. The summed E-state index contributed by atoms with van der Waals surface area (Å²) in [6.07, 6.45) is 4.31. The number of piperidine rings is 1. The summed E-state index contributed by atoms with van der Waals surface area (Å²) >= 11 is 0. The number of likely N-dealkylation sites (N-methyl/N-ethyl adjacent to an activating group) is 2. The van der Waals surface area contributed by atoms with Crippen LogP contribution in [-0.2, 0) is 4.79 Å². The van der Waals surface area contributed by atoms with E-state index in [0.717, 1.165) is 51.9 Å². The maximum Gasteiger partial charge on any atom is 1.00 e. The van der Waals surface area contributed by atoms with Crippen LogP contribution in [0.3, 0.4) is 0 Å². The predicted molar refractivity (Wildman–Crippen MR) is 93.2 cm³/mol. The molecule has 0 radical (unpaired) electrons. The van der Waals surface area contributed by atoms with Gasteiger partial charge in [-0.3, -0.25) is 4.79 Å². The van der Waals surface area contributed by atoms with Crippen molar-refractivity contribution >= 4 is 5.91 Å². The maximum absolute atomic E-state index is 12.1. The maximum atomic E-state index is 12.1. The Morgan fingerprint density at radius 3 is 2.48 bits per heavy atom. The zero-order chi connectivity index (χ0) is 16.4. The summed E-state index contributed by atoms with van der Waals surface area (Å²) in [4.78, 5) is 12.1. The van der Waals surface area contributed by atoms with Gasteiger partial charge < -0.3 is 21.3 Å². The van der Waals surface area contributed by atoms with Gasteiger partial charge in [0.2, 0.25) is 5.91 Å². The van der Waals surface area contributed by atoms with E-state index in [1.165, 1.54) is 0 Å². The number of nitrogens with zero attached hydrogens (tertiary/aromatic N) is 1. The predicted octanol–water partition coefficient (Wildman–Crippen LogP) is -1.11. The number of hydrogen-bond acceptors (Lipinski definition) is 3. The van der Waals surface area contributed by atoms with E-state index in [1.54, 1.807) is 7.05 Å². The molecule has 0 spiro atoms. The average Bonchev–Trinajstić information content (AvgIpc) is 2.51. The fraction of sp³-hybridized carbons (Fsp3) is 0.941. The van der Waals surface area contributed by atoms with Crippen LogP contribution >= 0.6 is 0 Å². The van der Waals surface area contributed by atoms with Crippen LogP contribution in [0.25, 0.3) is 5.32 Å². The van der Waals surface area contributed by atoms with Crippen LogP contribution in [0.1, 0.15) is 46.5 Å². The molecule has 6 heteroatoms. The molecule has 130 valence electrons. The molecule has 0 bridgehead atoms. The van der Waals surface area contributed by atoms with Gasteiger partial charge in [-0.2, -0.15) is 0 Å². The Morgan fingerprint density at radius 1 is 1.30 bits per heavy atom. The molecule has 23 heavy (non-hydrogen) atoms. The molecule has 2 unspecified atom stereocenters. The third-order valence-electron chi connectivity index (χ3n) is 4.36. The Hall–Kier alpha value is 0.986. The van der Waals surface area contributed by atoms with Crippen molar-refractivity contribution in [1.82, 2.24) is 16.0 Å². The number of rotatable bonds is 10. The Morgan fingerprint density at radius 2 is 1.96 bits per heavy atom. The van der Waals surface area contributed by atoms with E-state index >= 15 is 0 Å². The quantitative estimate of drug-likeness (QED) is 0.438. The van der Waals surface area contributed by atoms with Crippen LogP contribution in [0.4, 0.5) is 0 Å². The van der Waals surface area contributed by atoms with Gasteiger partial charge in [0.15, 0.2) is 0 Å². The van der Waals surface area contributed by atoms with Gasteiger partial charge >= 0.3 is 51.4 Å². The Bertz CT molecular complexity index is 309. The Labute approximate surface area is 185 Å². The second-order valence-corrected chi connectivity index (χ2v) is 6.81. The molecule has 3 N–H and O–H groups in total. The van der Waals surface area contributed by atoms with E-state index in [1.807, 2.05) is 0 Å². The smallest absolute Gasteiger partial charge is 0.650 e. The zero-order valence-electron chi connectivity index (χ0n) is 15.8. The summed E-state index contributed by atoms with van der Waals surface area (Å²) in [6.45, 7) is 10.4.